The van der Waals surface area contributed by atoms with E-state index in [0.29, 0.717) is 27.6 Å². The van der Waals surface area contributed by atoms with Crippen molar-refractivity contribution >= 4 is 34.1 Å². The quantitative estimate of drug-likeness (QED) is 0.260. The van der Waals surface area contributed by atoms with E-state index in [4.69, 9.17) is 4.74 Å². The minimum atomic E-state index is -0.548. The van der Waals surface area contributed by atoms with E-state index < -0.39 is 4.92 Å². The van der Waals surface area contributed by atoms with Gasteiger partial charge in [-0.1, -0.05) is 12.1 Å². The van der Waals surface area contributed by atoms with E-state index in [1.165, 1.54) is 36.8 Å². The van der Waals surface area contributed by atoms with Crippen molar-refractivity contribution in [2.75, 3.05) is 13.7 Å². The van der Waals surface area contributed by atoms with Crippen molar-refractivity contribution in [1.29, 1.82) is 0 Å². The summed E-state index contributed by atoms with van der Waals surface area (Å²) in [4.78, 5) is 40.2. The lowest BCUT2D eigenvalue weighted by Gasteiger charge is -2.13. The minimum absolute atomic E-state index is 0.210. The number of fused-ring (bicyclic) bond motifs is 1. The van der Waals surface area contributed by atoms with Gasteiger partial charge in [-0.25, -0.2) is 4.98 Å². The van der Waals surface area contributed by atoms with E-state index in [2.05, 4.69) is 4.98 Å². The maximum absolute atomic E-state index is 12.9. The molecule has 0 aliphatic carbocycles. The lowest BCUT2D eigenvalue weighted by molar-refractivity contribution is -0.387. The number of nitro benzene ring substituents is 1. The Bertz CT molecular complexity index is 1130. The van der Waals surface area contributed by atoms with Gasteiger partial charge < -0.3 is 4.74 Å². The van der Waals surface area contributed by atoms with E-state index in [0.717, 1.165) is 11.8 Å². The van der Waals surface area contributed by atoms with Crippen LogP contribution in [0.4, 0.5) is 5.69 Å². The molecule has 0 atom stereocenters. The highest BCUT2D eigenvalue weighted by Crippen LogP contribution is 2.34. The summed E-state index contributed by atoms with van der Waals surface area (Å²) >= 11 is 1.01. The van der Waals surface area contributed by atoms with E-state index in [-0.39, 0.29) is 29.1 Å². The maximum Gasteiger partial charge on any atom is 0.284 e. The number of ketones is 1. The number of nitro groups is 1. The van der Waals surface area contributed by atoms with Crippen LogP contribution in [-0.2, 0) is 11.3 Å². The summed E-state index contributed by atoms with van der Waals surface area (Å²) in [5.74, 6) is -0.263. The molecule has 28 heavy (non-hydrogen) atoms. The van der Waals surface area contributed by atoms with Crippen LogP contribution in [0.5, 0.6) is 0 Å². The van der Waals surface area contributed by atoms with Crippen LogP contribution < -0.4 is 5.56 Å². The Morgan fingerprint density at radius 1 is 1.29 bits per heavy atom. The van der Waals surface area contributed by atoms with Gasteiger partial charge in [0, 0.05) is 18.7 Å². The Morgan fingerprint density at radius 3 is 2.71 bits per heavy atom. The van der Waals surface area contributed by atoms with Gasteiger partial charge in [-0.3, -0.25) is 24.3 Å². The van der Waals surface area contributed by atoms with Crippen molar-refractivity contribution in [2.24, 2.45) is 0 Å². The zero-order valence-electron chi connectivity index (χ0n) is 15.2. The first-order chi connectivity index (χ1) is 13.4. The topological polar surface area (TPSA) is 104 Å². The maximum atomic E-state index is 12.9. The number of ether oxygens (including phenoxy) is 1. The lowest BCUT2D eigenvalue weighted by atomic mass is 10.1. The highest BCUT2D eigenvalue weighted by Gasteiger charge is 2.20. The van der Waals surface area contributed by atoms with Gasteiger partial charge in [0.1, 0.15) is 0 Å². The van der Waals surface area contributed by atoms with Gasteiger partial charge in [0.05, 0.1) is 33.9 Å². The number of aromatic nitrogens is 2. The van der Waals surface area contributed by atoms with Crippen molar-refractivity contribution in [2.45, 2.75) is 23.5 Å². The van der Waals surface area contributed by atoms with Gasteiger partial charge in [-0.15, -0.1) is 0 Å². The van der Waals surface area contributed by atoms with Crippen LogP contribution in [0.2, 0.25) is 0 Å². The number of methoxy groups -OCH3 is 1. The molecule has 0 aliphatic heterocycles. The Balaban J connectivity index is 2.15. The molecule has 2 aromatic carbocycles. The summed E-state index contributed by atoms with van der Waals surface area (Å²) in [5, 5.41) is 12.3. The Kier molecular flexibility index (Phi) is 5.86. The molecule has 144 valence electrons. The van der Waals surface area contributed by atoms with Crippen molar-refractivity contribution in [1.82, 2.24) is 9.55 Å². The first kappa shape index (κ1) is 19.7. The first-order valence-electron chi connectivity index (χ1n) is 8.38. The molecule has 8 nitrogen and oxygen atoms in total. The van der Waals surface area contributed by atoms with Crippen molar-refractivity contribution in [3.05, 3.63) is 68.5 Å². The zero-order valence-corrected chi connectivity index (χ0v) is 16.1. The second-order valence-electron chi connectivity index (χ2n) is 5.96. The van der Waals surface area contributed by atoms with Crippen molar-refractivity contribution < 1.29 is 14.5 Å². The second kappa shape index (κ2) is 8.32. The smallest absolute Gasteiger partial charge is 0.284 e. The molecule has 0 saturated heterocycles. The molecular formula is C19H17N3O5S. The molecule has 3 rings (SSSR count). The average Bonchev–Trinajstić information content (AvgIpc) is 2.67. The molecule has 1 heterocycles. The van der Waals surface area contributed by atoms with Crippen LogP contribution >= 0.6 is 11.8 Å². The molecule has 1 aromatic heterocycles. The Morgan fingerprint density at radius 2 is 2.04 bits per heavy atom. The predicted molar refractivity (Wildman–Crippen MR) is 105 cm³/mol. The number of carbonyl (C=O) groups excluding carboxylic acids is 1. The SMILES string of the molecule is COCCn1c(Sc2ccc(C(C)=O)cc2[N+](=O)[O-])nc2ccccc2c1=O. The van der Waals surface area contributed by atoms with Gasteiger partial charge in [0.25, 0.3) is 11.2 Å². The number of hydrogen-bond donors (Lipinski definition) is 0. The summed E-state index contributed by atoms with van der Waals surface area (Å²) in [6.07, 6.45) is 0. The van der Waals surface area contributed by atoms with Gasteiger partial charge in [0.15, 0.2) is 10.9 Å². The van der Waals surface area contributed by atoms with Crippen LogP contribution in [-0.4, -0.2) is 34.0 Å². The third-order valence-electron chi connectivity index (χ3n) is 4.11. The second-order valence-corrected chi connectivity index (χ2v) is 6.97. The number of benzene rings is 2. The fraction of sp³-hybridized carbons (Fsp3) is 0.211. The van der Waals surface area contributed by atoms with Crippen LogP contribution in [0.15, 0.2) is 57.3 Å². The molecule has 9 heteroatoms. The normalized spacial score (nSPS) is 10.9. The molecule has 0 radical (unpaired) electrons. The third-order valence-corrected chi connectivity index (χ3v) is 5.17. The Hall–Kier alpha value is -3.04. The van der Waals surface area contributed by atoms with Gasteiger partial charge >= 0.3 is 0 Å². The van der Waals surface area contributed by atoms with E-state index in [9.17, 15) is 19.7 Å². The number of para-hydroxylation sites is 1. The average molecular weight is 399 g/mol. The fourth-order valence-electron chi connectivity index (χ4n) is 2.67. The van der Waals surface area contributed by atoms with Gasteiger partial charge in [-0.05, 0) is 43.0 Å². The van der Waals surface area contributed by atoms with E-state index >= 15 is 0 Å². The molecule has 0 saturated carbocycles. The highest BCUT2D eigenvalue weighted by molar-refractivity contribution is 7.99. The molecule has 0 spiro atoms. The Labute approximate surface area is 164 Å². The molecule has 3 aromatic rings. The zero-order chi connectivity index (χ0) is 20.3. The van der Waals surface area contributed by atoms with Crippen LogP contribution in [0.3, 0.4) is 0 Å². The molecular weight excluding hydrogens is 382 g/mol. The van der Waals surface area contributed by atoms with Crippen LogP contribution in [0.25, 0.3) is 10.9 Å². The minimum Gasteiger partial charge on any atom is -0.383 e. The summed E-state index contributed by atoms with van der Waals surface area (Å²) in [6.45, 7) is 1.90. The fourth-order valence-corrected chi connectivity index (χ4v) is 3.67. The molecule has 0 bridgehead atoms. The number of rotatable bonds is 7. The lowest BCUT2D eigenvalue weighted by Crippen LogP contribution is -2.25. The van der Waals surface area contributed by atoms with Gasteiger partial charge in [-0.2, -0.15) is 0 Å². The summed E-state index contributed by atoms with van der Waals surface area (Å²) in [5.41, 5.74) is 0.303. The molecule has 0 N–H and O–H groups in total. The molecule has 0 unspecified atom stereocenters. The number of carbonyl (C=O) groups is 1. The molecule has 0 fully saturated rings. The highest BCUT2D eigenvalue weighted by atomic mass is 32.2. The first-order valence-corrected chi connectivity index (χ1v) is 9.19. The standard InChI is InChI=1S/C19H17N3O5S/c1-12(23)13-7-8-17(16(11-13)22(25)26)28-19-20-15-6-4-3-5-14(15)18(24)21(19)9-10-27-2/h3-8,11H,9-10H2,1-2H3. The monoisotopic (exact) mass is 399 g/mol. The van der Waals surface area contributed by atoms with Crippen molar-refractivity contribution in [3.8, 4) is 0 Å². The number of nitrogens with zero attached hydrogens (tertiary/aromatic N) is 3. The summed E-state index contributed by atoms with van der Waals surface area (Å²) in [7, 11) is 1.53. The summed E-state index contributed by atoms with van der Waals surface area (Å²) in [6, 6.07) is 11.2. The third kappa shape index (κ3) is 3.95. The van der Waals surface area contributed by atoms with E-state index in [1.807, 2.05) is 0 Å². The van der Waals surface area contributed by atoms with Crippen molar-refractivity contribution in [3.63, 3.8) is 0 Å². The molecule has 0 amide bonds. The summed E-state index contributed by atoms with van der Waals surface area (Å²) < 4.78 is 6.52. The predicted octanol–water partition coefficient (Wildman–Crippen LogP) is 3.30. The number of hydrogen-bond acceptors (Lipinski definition) is 7. The molecule has 0 aliphatic rings. The van der Waals surface area contributed by atoms with Crippen LogP contribution in [0.1, 0.15) is 17.3 Å². The van der Waals surface area contributed by atoms with Gasteiger partial charge in [0.2, 0.25) is 0 Å². The number of Topliss-reactive ketones (excluding diaryl/α,β-unsaturated/α-hetero) is 1. The largest absolute Gasteiger partial charge is 0.383 e. The van der Waals surface area contributed by atoms with Crippen LogP contribution in [0, 0.1) is 10.1 Å². The van der Waals surface area contributed by atoms with E-state index in [1.54, 1.807) is 24.3 Å².